The highest BCUT2D eigenvalue weighted by Gasteiger charge is 2.33. The molecule has 1 unspecified atom stereocenters. The van der Waals surface area contributed by atoms with Crippen LogP contribution < -0.4 is 5.32 Å². The number of thiophene rings is 1. The highest BCUT2D eigenvalue weighted by atomic mass is 32.1. The quantitative estimate of drug-likeness (QED) is 0.789. The monoisotopic (exact) mass is 388 g/mol. The van der Waals surface area contributed by atoms with Crippen molar-refractivity contribution in [3.8, 4) is 10.6 Å². The second-order valence-corrected chi connectivity index (χ2v) is 8.03. The molecule has 2 atom stereocenters. The molecule has 0 bridgehead atoms. The summed E-state index contributed by atoms with van der Waals surface area (Å²) in [5.74, 6) is -0.642. The molecule has 2 aromatic heterocycles. The molecule has 1 aliphatic heterocycles. The molecule has 0 saturated carbocycles. The number of carboxylic acids is 1. The first-order valence-electron chi connectivity index (χ1n) is 9.08. The van der Waals surface area contributed by atoms with Gasteiger partial charge in [-0.05, 0) is 38.8 Å². The van der Waals surface area contributed by atoms with Crippen LogP contribution in [0.25, 0.3) is 10.6 Å². The fourth-order valence-electron chi connectivity index (χ4n) is 2.98. The summed E-state index contributed by atoms with van der Waals surface area (Å²) in [6.45, 7) is 8.07. The number of aliphatic carboxylic acids is 1. The molecule has 7 nitrogen and oxygen atoms in total. The molecular weight excluding hydrogens is 364 g/mol. The molecule has 1 aliphatic rings. The number of rotatable bonds is 6. The largest absolute Gasteiger partial charge is 0.480 e. The third kappa shape index (κ3) is 3.80. The van der Waals surface area contributed by atoms with Gasteiger partial charge in [0.2, 0.25) is 5.95 Å². The molecule has 0 aliphatic carbocycles. The summed E-state index contributed by atoms with van der Waals surface area (Å²) < 4.78 is 0. The summed E-state index contributed by atoms with van der Waals surface area (Å²) in [7, 11) is 0. The van der Waals surface area contributed by atoms with Crippen LogP contribution in [0.2, 0.25) is 0 Å². The Hall–Kier alpha value is -2.48. The molecule has 1 amide bonds. The van der Waals surface area contributed by atoms with E-state index in [0.717, 1.165) is 27.4 Å². The van der Waals surface area contributed by atoms with Gasteiger partial charge in [-0.1, -0.05) is 6.92 Å². The maximum atomic E-state index is 12.8. The summed E-state index contributed by atoms with van der Waals surface area (Å²) in [5, 5.41) is 12.5. The Morgan fingerprint density at radius 3 is 2.85 bits per heavy atom. The van der Waals surface area contributed by atoms with Gasteiger partial charge in [-0.25, -0.2) is 14.8 Å². The van der Waals surface area contributed by atoms with Crippen molar-refractivity contribution >= 4 is 29.2 Å². The SMILES string of the molecule is CC[C@H](C)Nc1ncc(C)c(-c2cc3c(s2)CCN(C(C)C(=O)O)C3=O)n1. The zero-order chi connectivity index (χ0) is 19.7. The average molecular weight is 388 g/mol. The van der Waals surface area contributed by atoms with E-state index in [4.69, 9.17) is 0 Å². The number of fused-ring (bicyclic) bond motifs is 1. The number of aryl methyl sites for hydroxylation is 1. The van der Waals surface area contributed by atoms with Gasteiger partial charge in [0.15, 0.2) is 0 Å². The lowest BCUT2D eigenvalue weighted by Gasteiger charge is -2.29. The molecule has 27 heavy (non-hydrogen) atoms. The Kier molecular flexibility index (Phi) is 5.46. The van der Waals surface area contributed by atoms with E-state index >= 15 is 0 Å². The van der Waals surface area contributed by atoms with Crippen LogP contribution in [0.4, 0.5) is 5.95 Å². The fourth-order valence-corrected chi connectivity index (χ4v) is 4.17. The van der Waals surface area contributed by atoms with Gasteiger partial charge >= 0.3 is 5.97 Å². The molecule has 0 aromatic carbocycles. The zero-order valence-electron chi connectivity index (χ0n) is 15.9. The van der Waals surface area contributed by atoms with Crippen LogP contribution in [0.1, 0.15) is 48.0 Å². The number of carboxylic acid groups (broad SMARTS) is 1. The maximum Gasteiger partial charge on any atom is 0.326 e. The van der Waals surface area contributed by atoms with Gasteiger partial charge < -0.3 is 15.3 Å². The first-order valence-corrected chi connectivity index (χ1v) is 9.90. The van der Waals surface area contributed by atoms with Gasteiger partial charge in [0.1, 0.15) is 6.04 Å². The lowest BCUT2D eigenvalue weighted by Crippen LogP contribution is -2.46. The summed E-state index contributed by atoms with van der Waals surface area (Å²) >= 11 is 1.55. The van der Waals surface area contributed by atoms with E-state index in [2.05, 4.69) is 29.1 Å². The van der Waals surface area contributed by atoms with Gasteiger partial charge in [0.05, 0.1) is 16.1 Å². The van der Waals surface area contributed by atoms with Crippen molar-refractivity contribution < 1.29 is 14.7 Å². The number of carbonyl (C=O) groups excluding carboxylic acids is 1. The number of anilines is 1. The minimum atomic E-state index is -0.991. The predicted octanol–water partition coefficient (Wildman–Crippen LogP) is 3.20. The first kappa shape index (κ1) is 19.3. The lowest BCUT2D eigenvalue weighted by atomic mass is 10.1. The number of hydrogen-bond donors (Lipinski definition) is 2. The summed E-state index contributed by atoms with van der Waals surface area (Å²) in [5.41, 5.74) is 2.33. The number of carbonyl (C=O) groups is 2. The smallest absolute Gasteiger partial charge is 0.326 e. The molecule has 2 N–H and O–H groups in total. The number of hydrogen-bond acceptors (Lipinski definition) is 6. The van der Waals surface area contributed by atoms with Crippen molar-refractivity contribution in [2.24, 2.45) is 0 Å². The average Bonchev–Trinajstić information content (AvgIpc) is 3.07. The molecule has 0 fully saturated rings. The van der Waals surface area contributed by atoms with Crippen LogP contribution >= 0.6 is 11.3 Å². The Balaban J connectivity index is 1.93. The highest BCUT2D eigenvalue weighted by molar-refractivity contribution is 7.15. The Morgan fingerprint density at radius 2 is 2.19 bits per heavy atom. The van der Waals surface area contributed by atoms with Crippen molar-refractivity contribution in [1.82, 2.24) is 14.9 Å². The van der Waals surface area contributed by atoms with Crippen LogP contribution in [0.15, 0.2) is 12.3 Å². The van der Waals surface area contributed by atoms with Gasteiger partial charge in [-0.2, -0.15) is 0 Å². The Bertz CT molecular complexity index is 880. The first-order chi connectivity index (χ1) is 12.8. The number of amides is 1. The van der Waals surface area contributed by atoms with Crippen molar-refractivity contribution in [1.29, 1.82) is 0 Å². The molecule has 0 saturated heterocycles. The maximum absolute atomic E-state index is 12.8. The van der Waals surface area contributed by atoms with Crippen molar-refractivity contribution in [3.63, 3.8) is 0 Å². The second-order valence-electron chi connectivity index (χ2n) is 6.89. The Labute approximate surface area is 162 Å². The molecule has 2 aromatic rings. The van der Waals surface area contributed by atoms with Crippen molar-refractivity contribution in [2.45, 2.75) is 52.6 Å². The third-order valence-electron chi connectivity index (χ3n) is 4.90. The van der Waals surface area contributed by atoms with Crippen LogP contribution in [0, 0.1) is 6.92 Å². The number of nitrogens with one attached hydrogen (secondary N) is 1. The standard InChI is InChI=1S/C19H24N4O3S/c1-5-11(3)21-19-20-9-10(2)16(22-19)15-8-13-14(27-15)6-7-23(17(13)24)12(4)18(25)26/h8-9,11-12H,5-7H2,1-4H3,(H,25,26)(H,20,21,22)/t11-,12?/m0/s1. The van der Waals surface area contributed by atoms with Crippen LogP contribution in [-0.2, 0) is 11.2 Å². The van der Waals surface area contributed by atoms with E-state index in [-0.39, 0.29) is 11.9 Å². The normalized spacial score (nSPS) is 16.0. The lowest BCUT2D eigenvalue weighted by molar-refractivity contribution is -0.141. The van der Waals surface area contributed by atoms with E-state index in [1.165, 1.54) is 4.90 Å². The second kappa shape index (κ2) is 7.64. The van der Waals surface area contributed by atoms with Gasteiger partial charge in [0.25, 0.3) is 5.91 Å². The highest BCUT2D eigenvalue weighted by Crippen LogP contribution is 2.36. The van der Waals surface area contributed by atoms with Crippen LogP contribution in [0.3, 0.4) is 0 Å². The minimum absolute atomic E-state index is 0.224. The number of aromatic nitrogens is 2. The van der Waals surface area contributed by atoms with Gasteiger partial charge in [-0.15, -0.1) is 11.3 Å². The van der Waals surface area contributed by atoms with Crippen molar-refractivity contribution in [3.05, 3.63) is 28.3 Å². The molecule has 0 radical (unpaired) electrons. The number of nitrogens with zero attached hydrogens (tertiary/aromatic N) is 3. The predicted molar refractivity (Wildman–Crippen MR) is 105 cm³/mol. The molecular formula is C19H24N4O3S. The molecule has 3 heterocycles. The third-order valence-corrected chi connectivity index (χ3v) is 6.10. The fraction of sp³-hybridized carbons (Fsp3) is 0.474. The molecule has 144 valence electrons. The summed E-state index contributed by atoms with van der Waals surface area (Å²) in [4.78, 5) is 36.3. The topological polar surface area (TPSA) is 95.4 Å². The molecule has 3 rings (SSSR count). The molecule has 8 heteroatoms. The summed E-state index contributed by atoms with van der Waals surface area (Å²) in [6, 6.07) is 1.27. The van der Waals surface area contributed by atoms with E-state index in [1.807, 2.05) is 13.0 Å². The van der Waals surface area contributed by atoms with Crippen LogP contribution in [-0.4, -0.2) is 50.5 Å². The van der Waals surface area contributed by atoms with Gasteiger partial charge in [0, 0.05) is 30.1 Å². The van der Waals surface area contributed by atoms with Crippen LogP contribution in [0.5, 0.6) is 0 Å². The van der Waals surface area contributed by atoms with E-state index in [9.17, 15) is 14.7 Å². The van der Waals surface area contributed by atoms with Gasteiger partial charge in [-0.3, -0.25) is 4.79 Å². The van der Waals surface area contributed by atoms with E-state index in [0.29, 0.717) is 24.5 Å². The van der Waals surface area contributed by atoms with E-state index < -0.39 is 12.0 Å². The van der Waals surface area contributed by atoms with Crippen molar-refractivity contribution in [2.75, 3.05) is 11.9 Å². The van der Waals surface area contributed by atoms with E-state index in [1.54, 1.807) is 24.5 Å². The molecule has 0 spiro atoms. The minimum Gasteiger partial charge on any atom is -0.480 e. The summed E-state index contributed by atoms with van der Waals surface area (Å²) in [6.07, 6.45) is 3.41. The Morgan fingerprint density at radius 1 is 1.44 bits per heavy atom. The zero-order valence-corrected chi connectivity index (χ0v) is 16.8.